The first kappa shape index (κ1) is 91.5. The molecule has 0 saturated heterocycles. The fraction of sp³-hybridized carbons (Fsp3) is 0.688. The van der Waals surface area contributed by atoms with Gasteiger partial charge in [-0.3, -0.25) is 37.3 Å². The SMILES string of the molecule is CC/C=C\C/C=C\C/C=C\C/C=C\C/C=C\CC(=O)OCC(COP(=O)(O)OCC(O)COP(=O)(O)OCC(COC(=O)CCCC/C=C\C/C=C\C/C=C\C/C=C\CC)OC(=O)CCCCCCC/C=C\CCCCCCCC)OC(=O)CCCCCCCCCCCCC. The average Bonchev–Trinajstić information content (AvgIpc) is 1.11. The van der Waals surface area contributed by atoms with Crippen molar-refractivity contribution in [3.8, 4) is 0 Å². The highest BCUT2D eigenvalue weighted by Gasteiger charge is 2.30. The third-order valence-electron chi connectivity index (χ3n) is 15.0. The molecular weight excluding hydrogens is 1260 g/mol. The molecule has 19 heteroatoms. The molecule has 5 atom stereocenters. The van der Waals surface area contributed by atoms with Crippen molar-refractivity contribution >= 4 is 39.5 Å². The third kappa shape index (κ3) is 68.0. The van der Waals surface area contributed by atoms with Crippen LogP contribution < -0.4 is 0 Å². The number of rotatable bonds is 68. The number of carbonyl (C=O) groups excluding carboxylic acids is 4. The molecular formula is C77H130O17P2. The Labute approximate surface area is 581 Å². The lowest BCUT2D eigenvalue weighted by Gasteiger charge is -2.21. The maximum absolute atomic E-state index is 13.1. The maximum Gasteiger partial charge on any atom is 0.472 e. The Morgan fingerprint density at radius 2 is 0.583 bits per heavy atom. The van der Waals surface area contributed by atoms with Crippen molar-refractivity contribution in [2.45, 2.75) is 303 Å². The van der Waals surface area contributed by atoms with Crippen LogP contribution in [-0.4, -0.2) is 96.7 Å². The number of unbranched alkanes of at least 4 members (excludes halogenated alkanes) is 23. The normalized spacial score (nSPS) is 14.7. The molecule has 3 N–H and O–H groups in total. The Morgan fingerprint density at radius 1 is 0.312 bits per heavy atom. The Kier molecular flexibility index (Phi) is 65.7. The molecule has 0 bridgehead atoms. The van der Waals surface area contributed by atoms with Crippen molar-refractivity contribution in [3.05, 3.63) is 122 Å². The zero-order valence-electron chi connectivity index (χ0n) is 59.8. The molecule has 0 spiro atoms. The summed E-state index contributed by atoms with van der Waals surface area (Å²) in [4.78, 5) is 72.6. The van der Waals surface area contributed by atoms with Crippen molar-refractivity contribution in [3.63, 3.8) is 0 Å². The molecule has 0 aromatic heterocycles. The highest BCUT2D eigenvalue weighted by atomic mass is 31.2. The summed E-state index contributed by atoms with van der Waals surface area (Å²) in [6.45, 7) is 4.45. The fourth-order valence-corrected chi connectivity index (χ4v) is 11.0. The van der Waals surface area contributed by atoms with E-state index in [2.05, 4.69) is 125 Å². The summed E-state index contributed by atoms with van der Waals surface area (Å²) < 4.78 is 68.2. The first-order chi connectivity index (χ1) is 46.7. The predicted molar refractivity (Wildman–Crippen MR) is 390 cm³/mol. The summed E-state index contributed by atoms with van der Waals surface area (Å²) in [6, 6.07) is 0. The second-order valence-corrected chi connectivity index (χ2v) is 27.0. The molecule has 0 aliphatic rings. The van der Waals surface area contributed by atoms with Crippen molar-refractivity contribution in [1.29, 1.82) is 0 Å². The van der Waals surface area contributed by atoms with E-state index < -0.39 is 97.5 Å². The van der Waals surface area contributed by atoms with Crippen molar-refractivity contribution in [2.24, 2.45) is 0 Å². The first-order valence-electron chi connectivity index (χ1n) is 36.8. The quantitative estimate of drug-likeness (QED) is 0.0169. The van der Waals surface area contributed by atoms with Gasteiger partial charge in [0.2, 0.25) is 0 Å². The standard InChI is InChI=1S/C77H130O17P2/c1-5-9-13-17-21-25-29-32-35-38-42-45-49-53-57-61-74(79)87-67-72(93-76(81)63-59-55-51-47-41-28-24-20-16-12-8-4)69-91-95(83,84)89-65-71(78)66-90-96(85,86)92-70-73(94-77(82)64-60-56-52-48-44-40-37-34-31-27-23-19-15-11-7-3)68-88-75(80)62-58-54-50-46-43-39-36-33-30-26-22-18-14-10-6-2/h9-10,13-14,21-22,25-26,32-37,42-43,45-46,53,57,71-73,78H,5-8,11-12,15-20,23-24,27-31,38-41,44,47-52,54-56,58-70H2,1-4H3,(H,83,84)(H,85,86)/b13-9-,14-10-,25-21-,26-22-,35-32-,36-33-,37-34-,45-42-,46-43-,57-53-. The van der Waals surface area contributed by atoms with Gasteiger partial charge >= 0.3 is 39.5 Å². The lowest BCUT2D eigenvalue weighted by Crippen LogP contribution is -2.30. The largest absolute Gasteiger partial charge is 0.472 e. The summed E-state index contributed by atoms with van der Waals surface area (Å²) in [5, 5.41) is 10.6. The van der Waals surface area contributed by atoms with Gasteiger partial charge in [0, 0.05) is 19.3 Å². The van der Waals surface area contributed by atoms with Crippen LogP contribution in [0.4, 0.5) is 0 Å². The van der Waals surface area contributed by atoms with E-state index in [9.17, 15) is 43.2 Å². The van der Waals surface area contributed by atoms with E-state index in [1.165, 1.54) is 77.0 Å². The monoisotopic (exact) mass is 1390 g/mol. The number of aliphatic hydroxyl groups excluding tert-OH is 1. The third-order valence-corrected chi connectivity index (χ3v) is 16.9. The minimum absolute atomic E-state index is 0.0716. The van der Waals surface area contributed by atoms with Gasteiger partial charge in [0.25, 0.3) is 0 Å². The molecule has 0 aromatic rings. The smallest absolute Gasteiger partial charge is 0.462 e. The number of phosphoric acid groups is 2. The number of allylic oxidation sites excluding steroid dienone is 19. The zero-order chi connectivity index (χ0) is 70.4. The first-order valence-corrected chi connectivity index (χ1v) is 39.8. The fourth-order valence-electron chi connectivity index (χ4n) is 9.40. The molecule has 550 valence electrons. The average molecular weight is 1390 g/mol. The second kappa shape index (κ2) is 69.0. The van der Waals surface area contributed by atoms with Crippen molar-refractivity contribution in [1.82, 2.24) is 0 Å². The molecule has 0 fully saturated rings. The second-order valence-electron chi connectivity index (χ2n) is 24.1. The van der Waals surface area contributed by atoms with Gasteiger partial charge in [-0.15, -0.1) is 0 Å². The van der Waals surface area contributed by atoms with Gasteiger partial charge in [-0.05, 0) is 116 Å². The molecule has 0 aliphatic carbocycles. The van der Waals surface area contributed by atoms with Crippen LogP contribution in [-0.2, 0) is 65.4 Å². The van der Waals surface area contributed by atoms with Crippen LogP contribution in [0.5, 0.6) is 0 Å². The summed E-state index contributed by atoms with van der Waals surface area (Å²) >= 11 is 0. The molecule has 0 amide bonds. The van der Waals surface area contributed by atoms with Gasteiger partial charge < -0.3 is 33.8 Å². The number of aliphatic hydroxyl groups is 1. The Bertz CT molecular complexity index is 2300. The maximum atomic E-state index is 13.1. The minimum Gasteiger partial charge on any atom is -0.462 e. The number of carbonyl (C=O) groups is 4. The van der Waals surface area contributed by atoms with E-state index in [-0.39, 0.29) is 25.7 Å². The topological polar surface area (TPSA) is 237 Å². The van der Waals surface area contributed by atoms with Gasteiger partial charge in [-0.2, -0.15) is 0 Å². The molecule has 0 heterocycles. The summed E-state index contributed by atoms with van der Waals surface area (Å²) in [7, 11) is -9.98. The van der Waals surface area contributed by atoms with Crippen molar-refractivity contribution in [2.75, 3.05) is 39.6 Å². The molecule has 5 unspecified atom stereocenters. The van der Waals surface area contributed by atoms with Gasteiger partial charge in [-0.25, -0.2) is 9.13 Å². The highest BCUT2D eigenvalue weighted by molar-refractivity contribution is 7.47. The number of hydrogen-bond acceptors (Lipinski definition) is 15. The number of esters is 4. The van der Waals surface area contributed by atoms with Crippen LogP contribution in [0.1, 0.15) is 285 Å². The predicted octanol–water partition coefficient (Wildman–Crippen LogP) is 20.8. The summed E-state index contributed by atoms with van der Waals surface area (Å²) in [5.74, 6) is -2.38. The van der Waals surface area contributed by atoms with Crippen LogP contribution in [0.2, 0.25) is 0 Å². The van der Waals surface area contributed by atoms with Crippen LogP contribution in [0.15, 0.2) is 122 Å². The summed E-state index contributed by atoms with van der Waals surface area (Å²) in [6.07, 6.45) is 73.8. The molecule has 96 heavy (non-hydrogen) atoms. The van der Waals surface area contributed by atoms with E-state index in [0.717, 1.165) is 128 Å². The van der Waals surface area contributed by atoms with Crippen LogP contribution in [0.25, 0.3) is 0 Å². The lowest BCUT2D eigenvalue weighted by molar-refractivity contribution is -0.161. The molecule has 0 aromatic carbocycles. The van der Waals surface area contributed by atoms with Gasteiger partial charge in [-0.1, -0.05) is 265 Å². The van der Waals surface area contributed by atoms with Gasteiger partial charge in [0.1, 0.15) is 19.3 Å². The molecule has 0 radical (unpaired) electrons. The van der Waals surface area contributed by atoms with Crippen LogP contribution in [0, 0.1) is 0 Å². The number of hydrogen-bond donors (Lipinski definition) is 3. The highest BCUT2D eigenvalue weighted by Crippen LogP contribution is 2.45. The van der Waals surface area contributed by atoms with E-state index in [0.29, 0.717) is 25.7 Å². The van der Waals surface area contributed by atoms with E-state index in [1.54, 1.807) is 6.08 Å². The van der Waals surface area contributed by atoms with Crippen LogP contribution >= 0.6 is 15.6 Å². The number of phosphoric ester groups is 2. The Morgan fingerprint density at radius 3 is 0.958 bits per heavy atom. The Balaban J connectivity index is 5.43. The summed E-state index contributed by atoms with van der Waals surface area (Å²) in [5.41, 5.74) is 0. The van der Waals surface area contributed by atoms with Crippen LogP contribution in [0.3, 0.4) is 0 Å². The zero-order valence-corrected chi connectivity index (χ0v) is 61.5. The lowest BCUT2D eigenvalue weighted by atomic mass is 10.1. The van der Waals surface area contributed by atoms with Gasteiger partial charge in [0.05, 0.1) is 32.8 Å². The Hall–Kier alpha value is -4.54. The van der Waals surface area contributed by atoms with E-state index >= 15 is 0 Å². The minimum atomic E-state index is -4.99. The molecule has 0 saturated carbocycles. The molecule has 0 rings (SSSR count). The van der Waals surface area contributed by atoms with E-state index in [1.807, 2.05) is 18.2 Å². The molecule has 17 nitrogen and oxygen atoms in total. The molecule has 0 aliphatic heterocycles. The van der Waals surface area contributed by atoms with E-state index in [4.69, 9.17) is 37.0 Å². The van der Waals surface area contributed by atoms with Gasteiger partial charge in [0.15, 0.2) is 12.2 Å². The van der Waals surface area contributed by atoms with Crippen molar-refractivity contribution < 1.29 is 80.2 Å². The number of ether oxygens (including phenoxy) is 4.